The molecule has 1 N–H and O–H groups in total. The van der Waals surface area contributed by atoms with Crippen LogP contribution in [0.5, 0.6) is 5.75 Å². The number of phenols is 1. The maximum absolute atomic E-state index is 12.1. The molecular formula is C14H11BrN2O3S. The zero-order valence-corrected chi connectivity index (χ0v) is 13.3. The number of benzene rings is 1. The summed E-state index contributed by atoms with van der Waals surface area (Å²) in [7, 11) is 0. The van der Waals surface area contributed by atoms with Crippen molar-refractivity contribution >= 4 is 44.9 Å². The quantitative estimate of drug-likeness (QED) is 0.651. The molecule has 0 spiro atoms. The van der Waals surface area contributed by atoms with E-state index < -0.39 is 0 Å². The Morgan fingerprint density at radius 2 is 2.19 bits per heavy atom. The molecule has 0 aliphatic carbocycles. The lowest BCUT2D eigenvalue weighted by atomic mass is 10.2. The van der Waals surface area contributed by atoms with Gasteiger partial charge < -0.3 is 5.11 Å². The summed E-state index contributed by atoms with van der Waals surface area (Å²) in [5, 5.41) is 17.6. The van der Waals surface area contributed by atoms with E-state index in [1.54, 1.807) is 18.2 Å². The third-order valence-corrected chi connectivity index (χ3v) is 4.36. The van der Waals surface area contributed by atoms with E-state index in [4.69, 9.17) is 5.26 Å². The Morgan fingerprint density at radius 3 is 2.86 bits per heavy atom. The largest absolute Gasteiger partial charge is 0.507 e. The number of imide groups is 1. The topological polar surface area (TPSA) is 81.4 Å². The molecule has 1 saturated heterocycles. The minimum atomic E-state index is -0.341. The van der Waals surface area contributed by atoms with Crippen LogP contribution in [0, 0.1) is 11.3 Å². The van der Waals surface area contributed by atoms with Gasteiger partial charge in [0.2, 0.25) is 0 Å². The summed E-state index contributed by atoms with van der Waals surface area (Å²) in [4.78, 5) is 25.4. The fourth-order valence-electron chi connectivity index (χ4n) is 1.77. The minimum Gasteiger partial charge on any atom is -0.507 e. The first-order valence-electron chi connectivity index (χ1n) is 6.14. The van der Waals surface area contributed by atoms with Crippen LogP contribution < -0.4 is 0 Å². The van der Waals surface area contributed by atoms with Crippen LogP contribution in [0.2, 0.25) is 0 Å². The normalized spacial score (nSPS) is 16.6. The van der Waals surface area contributed by atoms with Gasteiger partial charge in [-0.05, 0) is 57.9 Å². The molecule has 108 valence electrons. The van der Waals surface area contributed by atoms with Crippen molar-refractivity contribution < 1.29 is 14.7 Å². The summed E-state index contributed by atoms with van der Waals surface area (Å²) < 4.78 is 0.518. The molecule has 1 fully saturated rings. The van der Waals surface area contributed by atoms with E-state index >= 15 is 0 Å². The van der Waals surface area contributed by atoms with Crippen molar-refractivity contribution in [2.24, 2.45) is 0 Å². The number of amides is 2. The molecule has 0 saturated carbocycles. The van der Waals surface area contributed by atoms with Crippen LogP contribution in [0.3, 0.4) is 0 Å². The third kappa shape index (κ3) is 3.65. The number of thioether (sulfide) groups is 1. The molecule has 21 heavy (non-hydrogen) atoms. The number of nitrogens with zero attached hydrogens (tertiary/aromatic N) is 2. The van der Waals surface area contributed by atoms with Gasteiger partial charge in [-0.25, -0.2) is 0 Å². The van der Waals surface area contributed by atoms with E-state index in [0.717, 1.165) is 16.7 Å². The lowest BCUT2D eigenvalue weighted by molar-refractivity contribution is -0.122. The number of halogens is 1. The summed E-state index contributed by atoms with van der Waals surface area (Å²) in [5.41, 5.74) is 0.710. The number of hydrogen-bond donors (Lipinski definition) is 1. The molecule has 5 nitrogen and oxygen atoms in total. The second kappa shape index (κ2) is 6.78. The summed E-state index contributed by atoms with van der Waals surface area (Å²) in [6.45, 7) is 0.259. The highest BCUT2D eigenvalue weighted by Gasteiger charge is 2.34. The summed E-state index contributed by atoms with van der Waals surface area (Å²) in [6.07, 6.45) is 2.40. The van der Waals surface area contributed by atoms with Gasteiger partial charge in [0, 0.05) is 13.0 Å². The number of unbranched alkanes of at least 4 members (excludes halogenated alkanes) is 1. The SMILES string of the molecule is N#CCCCN1C(=O)S/C(=C/c2ccc(O)c(Br)c2)C1=O. The Labute approximate surface area is 134 Å². The predicted octanol–water partition coefficient (Wildman–Crippen LogP) is 3.49. The second-order valence-electron chi connectivity index (χ2n) is 4.31. The molecule has 2 rings (SSSR count). The summed E-state index contributed by atoms with van der Waals surface area (Å²) in [6, 6.07) is 6.81. The van der Waals surface area contributed by atoms with E-state index in [9.17, 15) is 14.7 Å². The number of aromatic hydroxyl groups is 1. The van der Waals surface area contributed by atoms with E-state index in [-0.39, 0.29) is 23.4 Å². The van der Waals surface area contributed by atoms with Gasteiger partial charge in [0.1, 0.15) is 5.75 Å². The van der Waals surface area contributed by atoms with Crippen molar-refractivity contribution in [2.75, 3.05) is 6.54 Å². The Hall–Kier alpha value is -1.78. The highest BCUT2D eigenvalue weighted by Crippen LogP contribution is 2.33. The van der Waals surface area contributed by atoms with E-state index in [2.05, 4.69) is 15.9 Å². The number of carbonyl (C=O) groups is 2. The number of phenolic OH excluding ortho intramolecular Hbond substituents is 1. The molecule has 2 amide bonds. The van der Waals surface area contributed by atoms with Crippen LogP contribution in [0.25, 0.3) is 6.08 Å². The molecule has 1 aromatic rings. The highest BCUT2D eigenvalue weighted by molar-refractivity contribution is 9.10. The number of hydrogen-bond acceptors (Lipinski definition) is 5. The zero-order chi connectivity index (χ0) is 15.4. The number of carbonyl (C=O) groups excluding carboxylic acids is 2. The first-order valence-corrected chi connectivity index (χ1v) is 7.74. The van der Waals surface area contributed by atoms with Crippen LogP contribution >= 0.6 is 27.7 Å². The molecule has 0 aromatic heterocycles. The van der Waals surface area contributed by atoms with Gasteiger partial charge in [0.25, 0.3) is 11.1 Å². The Balaban J connectivity index is 2.16. The molecule has 7 heteroatoms. The van der Waals surface area contributed by atoms with Crippen LogP contribution in [-0.4, -0.2) is 27.7 Å². The fourth-order valence-corrected chi connectivity index (χ4v) is 3.03. The maximum atomic E-state index is 12.1. The van der Waals surface area contributed by atoms with Crippen LogP contribution in [-0.2, 0) is 4.79 Å². The second-order valence-corrected chi connectivity index (χ2v) is 6.15. The molecule has 0 atom stereocenters. The van der Waals surface area contributed by atoms with E-state index in [1.807, 2.05) is 6.07 Å². The smallest absolute Gasteiger partial charge is 0.293 e. The molecule has 1 aliphatic rings. The van der Waals surface area contributed by atoms with Gasteiger partial charge in [0.05, 0.1) is 15.4 Å². The van der Waals surface area contributed by atoms with Gasteiger partial charge in [-0.3, -0.25) is 14.5 Å². The Morgan fingerprint density at radius 1 is 1.43 bits per heavy atom. The molecule has 0 bridgehead atoms. The monoisotopic (exact) mass is 366 g/mol. The van der Waals surface area contributed by atoms with Gasteiger partial charge in [-0.15, -0.1) is 0 Å². The van der Waals surface area contributed by atoms with Crippen molar-refractivity contribution in [3.05, 3.63) is 33.1 Å². The molecule has 1 aromatic carbocycles. The Bertz CT molecular complexity index is 667. The minimum absolute atomic E-state index is 0.108. The van der Waals surface area contributed by atoms with Gasteiger partial charge in [0.15, 0.2) is 0 Å². The zero-order valence-electron chi connectivity index (χ0n) is 10.9. The van der Waals surface area contributed by atoms with Crippen molar-refractivity contribution in [1.82, 2.24) is 4.90 Å². The molecule has 0 unspecified atom stereocenters. The van der Waals surface area contributed by atoms with Gasteiger partial charge in [-0.1, -0.05) is 6.07 Å². The van der Waals surface area contributed by atoms with Gasteiger partial charge >= 0.3 is 0 Å². The molecule has 1 aliphatic heterocycles. The number of rotatable bonds is 4. The van der Waals surface area contributed by atoms with Gasteiger partial charge in [-0.2, -0.15) is 5.26 Å². The van der Waals surface area contributed by atoms with Crippen molar-refractivity contribution in [3.8, 4) is 11.8 Å². The highest BCUT2D eigenvalue weighted by atomic mass is 79.9. The molecule has 0 radical (unpaired) electrons. The lowest BCUT2D eigenvalue weighted by Crippen LogP contribution is -2.29. The lowest BCUT2D eigenvalue weighted by Gasteiger charge is -2.10. The first-order chi connectivity index (χ1) is 10.0. The van der Waals surface area contributed by atoms with Crippen molar-refractivity contribution in [2.45, 2.75) is 12.8 Å². The standard InChI is InChI=1S/C14H11BrN2O3S/c15-10-7-9(3-4-11(10)18)8-12-13(19)17(14(20)21-12)6-2-1-5-16/h3-4,7-8,18H,1-2,6H2/b12-8+. The number of nitriles is 1. The van der Waals surface area contributed by atoms with Crippen LogP contribution in [0.4, 0.5) is 4.79 Å². The maximum Gasteiger partial charge on any atom is 0.293 e. The predicted molar refractivity (Wildman–Crippen MR) is 83.3 cm³/mol. The first kappa shape index (κ1) is 15.6. The average Bonchev–Trinajstić information content (AvgIpc) is 2.70. The van der Waals surface area contributed by atoms with Crippen molar-refractivity contribution in [1.29, 1.82) is 5.26 Å². The fraction of sp³-hybridized carbons (Fsp3) is 0.214. The third-order valence-electron chi connectivity index (χ3n) is 2.81. The summed E-state index contributed by atoms with van der Waals surface area (Å²) >= 11 is 4.08. The van der Waals surface area contributed by atoms with Crippen molar-refractivity contribution in [3.63, 3.8) is 0 Å². The molecular weight excluding hydrogens is 356 g/mol. The molecule has 1 heterocycles. The summed E-state index contributed by atoms with van der Waals surface area (Å²) in [5.74, 6) is -0.233. The van der Waals surface area contributed by atoms with E-state index in [0.29, 0.717) is 27.8 Å². The van der Waals surface area contributed by atoms with E-state index in [1.165, 1.54) is 6.07 Å². The van der Waals surface area contributed by atoms with Crippen LogP contribution in [0.15, 0.2) is 27.6 Å². The average molecular weight is 367 g/mol. The Kier molecular flexibility index (Phi) is 5.04. The van der Waals surface area contributed by atoms with Crippen LogP contribution in [0.1, 0.15) is 18.4 Å².